The molecule has 2 aromatic heterocycles. The molecule has 0 aliphatic carbocycles. The first-order valence-electron chi connectivity index (χ1n) is 6.63. The van der Waals surface area contributed by atoms with Gasteiger partial charge in [0.1, 0.15) is 0 Å². The second-order valence-corrected chi connectivity index (χ2v) is 5.12. The Morgan fingerprint density at radius 1 is 1.32 bits per heavy atom. The van der Waals surface area contributed by atoms with E-state index in [1.54, 1.807) is 6.20 Å². The first-order valence-corrected chi connectivity index (χ1v) is 7.00. The van der Waals surface area contributed by atoms with E-state index in [9.17, 15) is 0 Å². The highest BCUT2D eigenvalue weighted by molar-refractivity contribution is 6.30. The molecular formula is C13H20ClN5. The normalized spacial score (nSPS) is 12.7. The Bertz CT molecular complexity index is 465. The van der Waals surface area contributed by atoms with Crippen LogP contribution in [-0.4, -0.2) is 32.1 Å². The number of nitrogens with one attached hydrogen (secondary N) is 1. The van der Waals surface area contributed by atoms with Crippen LogP contribution in [-0.2, 0) is 13.1 Å². The zero-order chi connectivity index (χ0) is 13.5. The van der Waals surface area contributed by atoms with Gasteiger partial charge in [0.15, 0.2) is 0 Å². The standard InChI is InChI=1S/C13H20ClN5/c1-12(4-9-18-7-3-6-16-18)15-5-2-8-19-11-13(14)10-17-19/h3,6-7,10-12,15H,2,4-5,8-9H2,1H3/t12-/m0/s1. The van der Waals surface area contributed by atoms with Crippen molar-refractivity contribution in [3.05, 3.63) is 35.9 Å². The molecule has 104 valence electrons. The van der Waals surface area contributed by atoms with E-state index in [0.717, 1.165) is 32.5 Å². The summed E-state index contributed by atoms with van der Waals surface area (Å²) < 4.78 is 3.84. The van der Waals surface area contributed by atoms with E-state index in [2.05, 4.69) is 22.4 Å². The molecule has 0 radical (unpaired) electrons. The van der Waals surface area contributed by atoms with Gasteiger partial charge in [-0.05, 0) is 32.4 Å². The Morgan fingerprint density at radius 3 is 2.89 bits per heavy atom. The molecule has 1 N–H and O–H groups in total. The first-order chi connectivity index (χ1) is 9.24. The molecule has 0 fully saturated rings. The van der Waals surface area contributed by atoms with Gasteiger partial charge in [0.2, 0.25) is 0 Å². The van der Waals surface area contributed by atoms with Gasteiger partial charge in [0.25, 0.3) is 0 Å². The average molecular weight is 282 g/mol. The van der Waals surface area contributed by atoms with Crippen LogP contribution < -0.4 is 5.32 Å². The van der Waals surface area contributed by atoms with E-state index in [1.807, 2.05) is 34.0 Å². The maximum Gasteiger partial charge on any atom is 0.0785 e. The fourth-order valence-corrected chi connectivity index (χ4v) is 2.07. The zero-order valence-electron chi connectivity index (χ0n) is 11.2. The molecule has 0 saturated carbocycles. The number of aryl methyl sites for hydroxylation is 2. The van der Waals surface area contributed by atoms with Gasteiger partial charge in [-0.25, -0.2) is 0 Å². The van der Waals surface area contributed by atoms with E-state index in [4.69, 9.17) is 11.6 Å². The van der Waals surface area contributed by atoms with Gasteiger partial charge in [-0.1, -0.05) is 11.6 Å². The molecule has 0 spiro atoms. The molecule has 0 aliphatic heterocycles. The summed E-state index contributed by atoms with van der Waals surface area (Å²) in [7, 11) is 0. The van der Waals surface area contributed by atoms with Crippen LogP contribution in [0.25, 0.3) is 0 Å². The molecule has 0 bridgehead atoms. The molecule has 2 heterocycles. The van der Waals surface area contributed by atoms with Crippen molar-refractivity contribution in [1.82, 2.24) is 24.9 Å². The van der Waals surface area contributed by atoms with Crippen molar-refractivity contribution in [3.63, 3.8) is 0 Å². The van der Waals surface area contributed by atoms with Crippen LogP contribution in [0.2, 0.25) is 5.02 Å². The Hall–Kier alpha value is -1.33. The molecule has 6 heteroatoms. The first kappa shape index (κ1) is 14.1. The Balaban J connectivity index is 1.55. The second-order valence-electron chi connectivity index (χ2n) is 4.69. The lowest BCUT2D eigenvalue weighted by atomic mass is 10.2. The summed E-state index contributed by atoms with van der Waals surface area (Å²) in [6, 6.07) is 2.44. The summed E-state index contributed by atoms with van der Waals surface area (Å²) in [5, 5.41) is 12.5. The average Bonchev–Trinajstić information content (AvgIpc) is 3.04. The van der Waals surface area contributed by atoms with Crippen LogP contribution in [0.4, 0.5) is 0 Å². The van der Waals surface area contributed by atoms with Crippen LogP contribution in [0.15, 0.2) is 30.9 Å². The third kappa shape index (κ3) is 5.04. The van der Waals surface area contributed by atoms with Crippen LogP contribution in [0.1, 0.15) is 19.8 Å². The highest BCUT2D eigenvalue weighted by Crippen LogP contribution is 2.04. The van der Waals surface area contributed by atoms with E-state index >= 15 is 0 Å². The number of nitrogens with zero attached hydrogens (tertiary/aromatic N) is 4. The molecule has 0 amide bonds. The molecule has 19 heavy (non-hydrogen) atoms. The third-order valence-corrected chi connectivity index (χ3v) is 3.20. The highest BCUT2D eigenvalue weighted by Gasteiger charge is 2.02. The van der Waals surface area contributed by atoms with Crippen LogP contribution in [0, 0.1) is 0 Å². The zero-order valence-corrected chi connectivity index (χ0v) is 11.9. The summed E-state index contributed by atoms with van der Waals surface area (Å²) in [5.74, 6) is 0. The SMILES string of the molecule is C[C@@H](CCn1cccn1)NCCCn1cc(Cl)cn1. The van der Waals surface area contributed by atoms with Gasteiger partial charge in [-0.15, -0.1) is 0 Å². The minimum absolute atomic E-state index is 0.491. The second kappa shape index (κ2) is 7.31. The van der Waals surface area contributed by atoms with Gasteiger partial charge < -0.3 is 5.32 Å². The summed E-state index contributed by atoms with van der Waals surface area (Å²) in [6.45, 7) is 5.04. The minimum atomic E-state index is 0.491. The Kier molecular flexibility index (Phi) is 5.42. The van der Waals surface area contributed by atoms with Crippen molar-refractivity contribution >= 4 is 11.6 Å². The Morgan fingerprint density at radius 2 is 2.21 bits per heavy atom. The molecule has 0 saturated heterocycles. The predicted molar refractivity (Wildman–Crippen MR) is 76.2 cm³/mol. The lowest BCUT2D eigenvalue weighted by Crippen LogP contribution is -2.28. The smallest absolute Gasteiger partial charge is 0.0785 e. The lowest BCUT2D eigenvalue weighted by Gasteiger charge is -2.13. The summed E-state index contributed by atoms with van der Waals surface area (Å²) in [5.41, 5.74) is 0. The van der Waals surface area contributed by atoms with Crippen molar-refractivity contribution in [1.29, 1.82) is 0 Å². The van der Waals surface area contributed by atoms with E-state index in [0.29, 0.717) is 11.1 Å². The van der Waals surface area contributed by atoms with Crippen molar-refractivity contribution in [2.24, 2.45) is 0 Å². The Labute approximate surface area is 118 Å². The molecule has 1 atom stereocenters. The molecule has 0 aliphatic rings. The maximum atomic E-state index is 5.81. The van der Waals surface area contributed by atoms with Crippen LogP contribution in [0.3, 0.4) is 0 Å². The van der Waals surface area contributed by atoms with Gasteiger partial charge in [0.05, 0.1) is 11.2 Å². The molecular weight excluding hydrogens is 262 g/mol. The summed E-state index contributed by atoms with van der Waals surface area (Å²) in [6.07, 6.45) is 9.45. The number of aromatic nitrogens is 4. The van der Waals surface area contributed by atoms with Crippen LogP contribution >= 0.6 is 11.6 Å². The minimum Gasteiger partial charge on any atom is -0.314 e. The molecule has 5 nitrogen and oxygen atoms in total. The highest BCUT2D eigenvalue weighted by atomic mass is 35.5. The van der Waals surface area contributed by atoms with Crippen molar-refractivity contribution in [2.45, 2.75) is 38.9 Å². The van der Waals surface area contributed by atoms with E-state index < -0.39 is 0 Å². The van der Waals surface area contributed by atoms with Gasteiger partial charge in [-0.3, -0.25) is 9.36 Å². The molecule has 0 unspecified atom stereocenters. The summed E-state index contributed by atoms with van der Waals surface area (Å²) in [4.78, 5) is 0. The van der Waals surface area contributed by atoms with Gasteiger partial charge >= 0.3 is 0 Å². The maximum absolute atomic E-state index is 5.81. The van der Waals surface area contributed by atoms with Crippen molar-refractivity contribution < 1.29 is 0 Å². The number of hydrogen-bond donors (Lipinski definition) is 1. The van der Waals surface area contributed by atoms with E-state index in [-0.39, 0.29) is 0 Å². The quantitative estimate of drug-likeness (QED) is 0.755. The fraction of sp³-hybridized carbons (Fsp3) is 0.538. The largest absolute Gasteiger partial charge is 0.314 e. The number of rotatable bonds is 8. The van der Waals surface area contributed by atoms with Crippen molar-refractivity contribution in [3.8, 4) is 0 Å². The van der Waals surface area contributed by atoms with E-state index in [1.165, 1.54) is 0 Å². The predicted octanol–water partition coefficient (Wildman–Crippen LogP) is 2.19. The molecule has 2 aromatic rings. The lowest BCUT2D eigenvalue weighted by molar-refractivity contribution is 0.443. The molecule has 0 aromatic carbocycles. The fourth-order valence-electron chi connectivity index (χ4n) is 1.91. The summed E-state index contributed by atoms with van der Waals surface area (Å²) >= 11 is 5.81. The number of hydrogen-bond acceptors (Lipinski definition) is 3. The molecule has 2 rings (SSSR count). The topological polar surface area (TPSA) is 47.7 Å². The monoisotopic (exact) mass is 281 g/mol. The van der Waals surface area contributed by atoms with Gasteiger partial charge in [0, 0.05) is 37.7 Å². The van der Waals surface area contributed by atoms with Crippen LogP contribution in [0.5, 0.6) is 0 Å². The third-order valence-electron chi connectivity index (χ3n) is 3.01. The van der Waals surface area contributed by atoms with Crippen molar-refractivity contribution in [2.75, 3.05) is 6.54 Å². The van der Waals surface area contributed by atoms with Gasteiger partial charge in [-0.2, -0.15) is 10.2 Å². The number of halogens is 1.